The first-order chi connectivity index (χ1) is 7.27. The van der Waals surface area contributed by atoms with Gasteiger partial charge in [0.25, 0.3) is 0 Å². The number of thiazole rings is 1. The van der Waals surface area contributed by atoms with Gasteiger partial charge in [-0.3, -0.25) is 5.10 Å². The molecule has 0 radical (unpaired) electrons. The average Bonchev–Trinajstić information content (AvgIpc) is 2.85. The van der Waals surface area contributed by atoms with Gasteiger partial charge in [-0.25, -0.2) is 4.98 Å². The van der Waals surface area contributed by atoms with Crippen molar-refractivity contribution in [2.24, 2.45) is 0 Å². The monoisotopic (exact) mass is 222 g/mol. The Morgan fingerprint density at radius 1 is 1.60 bits per heavy atom. The van der Waals surface area contributed by atoms with Crippen LogP contribution in [0.1, 0.15) is 29.1 Å². The molecular formula is C10H14N4S. The third-order valence-corrected chi connectivity index (χ3v) is 3.37. The number of aromatic amines is 1. The van der Waals surface area contributed by atoms with Crippen LogP contribution in [0.25, 0.3) is 0 Å². The summed E-state index contributed by atoms with van der Waals surface area (Å²) in [6.07, 6.45) is 3.76. The van der Waals surface area contributed by atoms with Gasteiger partial charge in [-0.2, -0.15) is 5.10 Å². The zero-order chi connectivity index (χ0) is 10.7. The van der Waals surface area contributed by atoms with Crippen molar-refractivity contribution in [3.05, 3.63) is 34.0 Å². The SMILES string of the molecule is Cc1ncsc1CNC(C)c1cn[nH]c1. The maximum absolute atomic E-state index is 4.22. The highest BCUT2D eigenvalue weighted by atomic mass is 32.1. The second-order valence-electron chi connectivity index (χ2n) is 3.50. The normalized spacial score (nSPS) is 12.9. The van der Waals surface area contributed by atoms with Crippen molar-refractivity contribution in [3.8, 4) is 0 Å². The van der Waals surface area contributed by atoms with Crippen LogP contribution in [0.3, 0.4) is 0 Å². The Balaban J connectivity index is 1.91. The van der Waals surface area contributed by atoms with E-state index in [0.29, 0.717) is 6.04 Å². The Morgan fingerprint density at radius 3 is 3.07 bits per heavy atom. The number of aromatic nitrogens is 3. The topological polar surface area (TPSA) is 53.6 Å². The number of nitrogens with zero attached hydrogens (tertiary/aromatic N) is 2. The van der Waals surface area contributed by atoms with Gasteiger partial charge in [0.15, 0.2) is 0 Å². The molecule has 2 heterocycles. The third-order valence-electron chi connectivity index (χ3n) is 2.43. The Kier molecular flexibility index (Phi) is 3.13. The molecular weight excluding hydrogens is 208 g/mol. The van der Waals surface area contributed by atoms with E-state index in [4.69, 9.17) is 0 Å². The molecule has 15 heavy (non-hydrogen) atoms. The first-order valence-corrected chi connectivity index (χ1v) is 5.76. The van der Waals surface area contributed by atoms with Gasteiger partial charge in [-0.05, 0) is 13.8 Å². The highest BCUT2D eigenvalue weighted by Crippen LogP contribution is 2.15. The molecule has 5 heteroatoms. The third kappa shape index (κ3) is 2.43. The summed E-state index contributed by atoms with van der Waals surface area (Å²) in [5.74, 6) is 0. The second-order valence-corrected chi connectivity index (χ2v) is 4.43. The maximum atomic E-state index is 4.22. The summed E-state index contributed by atoms with van der Waals surface area (Å²) in [6.45, 7) is 5.03. The lowest BCUT2D eigenvalue weighted by Crippen LogP contribution is -2.17. The summed E-state index contributed by atoms with van der Waals surface area (Å²) < 4.78 is 0. The zero-order valence-corrected chi connectivity index (χ0v) is 9.64. The highest BCUT2D eigenvalue weighted by molar-refractivity contribution is 7.09. The van der Waals surface area contributed by atoms with Gasteiger partial charge >= 0.3 is 0 Å². The van der Waals surface area contributed by atoms with Crippen molar-refractivity contribution in [1.82, 2.24) is 20.5 Å². The highest BCUT2D eigenvalue weighted by Gasteiger charge is 2.07. The number of hydrogen-bond donors (Lipinski definition) is 2. The smallest absolute Gasteiger partial charge is 0.0798 e. The fourth-order valence-electron chi connectivity index (χ4n) is 1.36. The van der Waals surface area contributed by atoms with Gasteiger partial charge < -0.3 is 5.32 Å². The molecule has 0 amide bonds. The van der Waals surface area contributed by atoms with Crippen molar-refractivity contribution in [2.75, 3.05) is 0 Å². The fourth-order valence-corrected chi connectivity index (χ4v) is 2.09. The van der Waals surface area contributed by atoms with Crippen LogP contribution in [0, 0.1) is 6.92 Å². The number of rotatable bonds is 4. The Bertz CT molecular complexity index is 407. The largest absolute Gasteiger partial charge is 0.305 e. The average molecular weight is 222 g/mol. The van der Waals surface area contributed by atoms with Crippen LogP contribution >= 0.6 is 11.3 Å². The van der Waals surface area contributed by atoms with Crippen LogP contribution < -0.4 is 5.32 Å². The van der Waals surface area contributed by atoms with Crippen molar-refractivity contribution in [2.45, 2.75) is 26.4 Å². The molecule has 2 rings (SSSR count). The van der Waals surface area contributed by atoms with Crippen molar-refractivity contribution >= 4 is 11.3 Å². The summed E-state index contributed by atoms with van der Waals surface area (Å²) in [6, 6.07) is 0.310. The van der Waals surface area contributed by atoms with E-state index in [1.165, 1.54) is 10.4 Å². The number of H-pyrrole nitrogens is 1. The molecule has 4 nitrogen and oxygen atoms in total. The molecule has 80 valence electrons. The minimum Gasteiger partial charge on any atom is -0.305 e. The molecule has 0 aliphatic rings. The molecule has 0 aromatic carbocycles. The fraction of sp³-hybridized carbons (Fsp3) is 0.400. The van der Waals surface area contributed by atoms with Gasteiger partial charge in [-0.1, -0.05) is 0 Å². The molecule has 1 atom stereocenters. The standard InChI is InChI=1S/C10H14N4S/c1-7(9-3-13-14-4-9)11-5-10-8(2)12-6-15-10/h3-4,6-7,11H,5H2,1-2H3,(H,13,14). The molecule has 0 bridgehead atoms. The lowest BCUT2D eigenvalue weighted by atomic mass is 10.2. The lowest BCUT2D eigenvalue weighted by Gasteiger charge is -2.10. The van der Waals surface area contributed by atoms with Crippen LogP contribution in [0.15, 0.2) is 17.9 Å². The molecule has 0 fully saturated rings. The zero-order valence-electron chi connectivity index (χ0n) is 8.82. The number of aryl methyl sites for hydroxylation is 1. The van der Waals surface area contributed by atoms with Crippen LogP contribution in [0.5, 0.6) is 0 Å². The van der Waals surface area contributed by atoms with E-state index in [-0.39, 0.29) is 0 Å². The van der Waals surface area contributed by atoms with Gasteiger partial charge in [0, 0.05) is 29.2 Å². The molecule has 2 aromatic heterocycles. The quantitative estimate of drug-likeness (QED) is 0.832. The molecule has 0 spiro atoms. The van der Waals surface area contributed by atoms with E-state index in [2.05, 4.69) is 27.4 Å². The van der Waals surface area contributed by atoms with E-state index in [1.807, 2.05) is 24.8 Å². The predicted octanol–water partition coefficient (Wildman–Crippen LogP) is 2.03. The molecule has 0 aliphatic heterocycles. The summed E-state index contributed by atoms with van der Waals surface area (Å²) in [7, 11) is 0. The van der Waals surface area contributed by atoms with Crippen LogP contribution in [-0.4, -0.2) is 15.2 Å². The number of nitrogens with one attached hydrogen (secondary N) is 2. The van der Waals surface area contributed by atoms with Crippen LogP contribution in [-0.2, 0) is 6.54 Å². The minimum atomic E-state index is 0.310. The predicted molar refractivity (Wildman–Crippen MR) is 60.7 cm³/mol. The first-order valence-electron chi connectivity index (χ1n) is 4.88. The minimum absolute atomic E-state index is 0.310. The molecule has 2 N–H and O–H groups in total. The first kappa shape index (κ1) is 10.3. The number of hydrogen-bond acceptors (Lipinski definition) is 4. The Labute approximate surface area is 92.8 Å². The molecule has 2 aromatic rings. The molecule has 0 saturated carbocycles. The lowest BCUT2D eigenvalue weighted by molar-refractivity contribution is 0.577. The molecule has 0 saturated heterocycles. The second kappa shape index (κ2) is 4.55. The van der Waals surface area contributed by atoms with Gasteiger partial charge in [0.2, 0.25) is 0 Å². The van der Waals surface area contributed by atoms with Gasteiger partial charge in [0.1, 0.15) is 0 Å². The van der Waals surface area contributed by atoms with Crippen LogP contribution in [0.4, 0.5) is 0 Å². The summed E-state index contributed by atoms with van der Waals surface area (Å²) in [5, 5.41) is 10.2. The van der Waals surface area contributed by atoms with Crippen molar-refractivity contribution in [1.29, 1.82) is 0 Å². The Hall–Kier alpha value is -1.20. The van der Waals surface area contributed by atoms with Crippen molar-refractivity contribution < 1.29 is 0 Å². The van der Waals surface area contributed by atoms with E-state index in [9.17, 15) is 0 Å². The summed E-state index contributed by atoms with van der Waals surface area (Å²) in [4.78, 5) is 5.51. The van der Waals surface area contributed by atoms with Crippen molar-refractivity contribution in [3.63, 3.8) is 0 Å². The van der Waals surface area contributed by atoms with E-state index in [1.54, 1.807) is 11.3 Å². The van der Waals surface area contributed by atoms with E-state index < -0.39 is 0 Å². The van der Waals surface area contributed by atoms with E-state index >= 15 is 0 Å². The van der Waals surface area contributed by atoms with Gasteiger partial charge in [0.05, 0.1) is 17.4 Å². The Morgan fingerprint density at radius 2 is 2.47 bits per heavy atom. The summed E-state index contributed by atoms with van der Waals surface area (Å²) in [5.41, 5.74) is 4.18. The van der Waals surface area contributed by atoms with E-state index in [0.717, 1.165) is 12.2 Å². The molecule has 1 unspecified atom stereocenters. The summed E-state index contributed by atoms with van der Waals surface area (Å²) >= 11 is 1.69. The van der Waals surface area contributed by atoms with Crippen LogP contribution in [0.2, 0.25) is 0 Å². The van der Waals surface area contributed by atoms with Gasteiger partial charge in [-0.15, -0.1) is 11.3 Å². The maximum Gasteiger partial charge on any atom is 0.0798 e. The molecule has 0 aliphatic carbocycles.